The number of carbonyl (C=O) groups excluding carboxylic acids is 1. The SMILES string of the molecule is CC[C@H](C)[C@H](N)C(=O)Nc1ccc(Br)c(OC)c1. The first kappa shape index (κ1) is 15.0. The molecule has 1 aromatic carbocycles. The molecule has 3 N–H and O–H groups in total. The topological polar surface area (TPSA) is 64.4 Å². The molecule has 0 aliphatic heterocycles. The van der Waals surface area contributed by atoms with Crippen LogP contribution in [0.25, 0.3) is 0 Å². The highest BCUT2D eigenvalue weighted by atomic mass is 79.9. The van der Waals surface area contributed by atoms with Crippen LogP contribution in [-0.4, -0.2) is 19.1 Å². The van der Waals surface area contributed by atoms with E-state index in [1.807, 2.05) is 19.9 Å². The molecule has 1 rings (SSSR count). The van der Waals surface area contributed by atoms with Crippen molar-refractivity contribution in [1.29, 1.82) is 0 Å². The van der Waals surface area contributed by atoms with Gasteiger partial charge in [-0.05, 0) is 34.0 Å². The molecule has 0 aliphatic rings. The number of nitrogens with two attached hydrogens (primary N) is 1. The molecule has 0 heterocycles. The Morgan fingerprint density at radius 1 is 1.56 bits per heavy atom. The largest absolute Gasteiger partial charge is 0.495 e. The number of ether oxygens (including phenoxy) is 1. The average molecular weight is 315 g/mol. The van der Waals surface area contributed by atoms with Crippen molar-refractivity contribution in [2.45, 2.75) is 26.3 Å². The lowest BCUT2D eigenvalue weighted by Gasteiger charge is -2.18. The molecular formula is C13H19BrN2O2. The lowest BCUT2D eigenvalue weighted by Crippen LogP contribution is -2.40. The van der Waals surface area contributed by atoms with Crippen LogP contribution in [0.5, 0.6) is 5.75 Å². The maximum absolute atomic E-state index is 11.9. The van der Waals surface area contributed by atoms with Gasteiger partial charge in [-0.3, -0.25) is 4.79 Å². The van der Waals surface area contributed by atoms with Crippen LogP contribution in [0, 0.1) is 5.92 Å². The fourth-order valence-electron chi connectivity index (χ4n) is 1.48. The smallest absolute Gasteiger partial charge is 0.241 e. The van der Waals surface area contributed by atoms with Crippen molar-refractivity contribution in [2.75, 3.05) is 12.4 Å². The molecule has 2 atom stereocenters. The highest BCUT2D eigenvalue weighted by molar-refractivity contribution is 9.10. The number of halogens is 1. The second kappa shape index (κ2) is 6.75. The number of benzene rings is 1. The van der Waals surface area contributed by atoms with Crippen LogP contribution in [0.4, 0.5) is 5.69 Å². The lowest BCUT2D eigenvalue weighted by atomic mass is 9.99. The third kappa shape index (κ3) is 3.71. The zero-order chi connectivity index (χ0) is 13.7. The number of methoxy groups -OCH3 is 1. The van der Waals surface area contributed by atoms with Gasteiger partial charge in [-0.1, -0.05) is 20.3 Å². The number of nitrogens with one attached hydrogen (secondary N) is 1. The van der Waals surface area contributed by atoms with E-state index in [-0.39, 0.29) is 11.8 Å². The first-order valence-corrected chi connectivity index (χ1v) is 6.68. The van der Waals surface area contributed by atoms with Crippen molar-refractivity contribution in [1.82, 2.24) is 0 Å². The molecule has 0 unspecified atom stereocenters. The highest BCUT2D eigenvalue weighted by Gasteiger charge is 2.19. The van der Waals surface area contributed by atoms with Gasteiger partial charge in [0.15, 0.2) is 0 Å². The number of anilines is 1. The molecule has 5 heteroatoms. The Balaban J connectivity index is 2.76. The van der Waals surface area contributed by atoms with E-state index < -0.39 is 6.04 Å². The van der Waals surface area contributed by atoms with Gasteiger partial charge < -0.3 is 15.8 Å². The summed E-state index contributed by atoms with van der Waals surface area (Å²) in [5.74, 6) is 0.654. The molecule has 0 aliphatic carbocycles. The Morgan fingerprint density at radius 2 is 2.22 bits per heavy atom. The van der Waals surface area contributed by atoms with Gasteiger partial charge in [0.2, 0.25) is 5.91 Å². The molecule has 0 aromatic heterocycles. The van der Waals surface area contributed by atoms with E-state index in [4.69, 9.17) is 10.5 Å². The fourth-order valence-corrected chi connectivity index (χ4v) is 1.88. The maximum Gasteiger partial charge on any atom is 0.241 e. The molecule has 0 saturated heterocycles. The first-order valence-electron chi connectivity index (χ1n) is 5.89. The molecule has 0 saturated carbocycles. The van der Waals surface area contributed by atoms with Gasteiger partial charge in [0.1, 0.15) is 5.75 Å². The van der Waals surface area contributed by atoms with Gasteiger partial charge >= 0.3 is 0 Å². The van der Waals surface area contributed by atoms with E-state index in [0.29, 0.717) is 11.4 Å². The van der Waals surface area contributed by atoms with Gasteiger partial charge in [-0.15, -0.1) is 0 Å². The van der Waals surface area contributed by atoms with Crippen molar-refractivity contribution in [3.63, 3.8) is 0 Å². The summed E-state index contributed by atoms with van der Waals surface area (Å²) in [5, 5.41) is 2.79. The van der Waals surface area contributed by atoms with E-state index in [0.717, 1.165) is 10.9 Å². The predicted octanol–water partition coefficient (Wildman–Crippen LogP) is 2.77. The minimum Gasteiger partial charge on any atom is -0.495 e. The molecular weight excluding hydrogens is 296 g/mol. The third-order valence-corrected chi connectivity index (χ3v) is 3.63. The Labute approximate surface area is 116 Å². The second-order valence-electron chi connectivity index (χ2n) is 4.25. The number of hydrogen-bond acceptors (Lipinski definition) is 3. The van der Waals surface area contributed by atoms with Crippen LogP contribution in [-0.2, 0) is 4.79 Å². The molecule has 4 nitrogen and oxygen atoms in total. The van der Waals surface area contributed by atoms with Gasteiger partial charge in [0.25, 0.3) is 0 Å². The molecule has 100 valence electrons. The molecule has 18 heavy (non-hydrogen) atoms. The predicted molar refractivity (Wildman–Crippen MR) is 76.8 cm³/mol. The van der Waals surface area contributed by atoms with E-state index in [1.54, 1.807) is 19.2 Å². The monoisotopic (exact) mass is 314 g/mol. The van der Waals surface area contributed by atoms with Crippen molar-refractivity contribution in [2.24, 2.45) is 11.7 Å². The number of hydrogen-bond donors (Lipinski definition) is 2. The van der Waals surface area contributed by atoms with Gasteiger partial charge in [0.05, 0.1) is 17.6 Å². The molecule has 0 spiro atoms. The quantitative estimate of drug-likeness (QED) is 0.878. The standard InChI is InChI=1S/C13H19BrN2O2/c1-4-8(2)12(15)13(17)16-9-5-6-10(14)11(7-9)18-3/h5-8,12H,4,15H2,1-3H3,(H,16,17)/t8-,12-/m0/s1. The average Bonchev–Trinajstić information content (AvgIpc) is 2.38. The first-order chi connectivity index (χ1) is 8.49. The molecule has 0 bridgehead atoms. The normalized spacial score (nSPS) is 13.8. The van der Waals surface area contributed by atoms with Crippen LogP contribution in [0.1, 0.15) is 20.3 Å². The zero-order valence-electron chi connectivity index (χ0n) is 10.9. The lowest BCUT2D eigenvalue weighted by molar-refractivity contribution is -0.118. The van der Waals surface area contributed by atoms with Crippen molar-refractivity contribution >= 4 is 27.5 Å². The Kier molecular flexibility index (Phi) is 5.62. The number of rotatable bonds is 5. The van der Waals surface area contributed by atoms with Crippen molar-refractivity contribution in [3.05, 3.63) is 22.7 Å². The summed E-state index contributed by atoms with van der Waals surface area (Å²) in [7, 11) is 1.58. The van der Waals surface area contributed by atoms with Gasteiger partial charge in [-0.2, -0.15) is 0 Å². The summed E-state index contributed by atoms with van der Waals surface area (Å²) in [4.78, 5) is 11.9. The second-order valence-corrected chi connectivity index (χ2v) is 5.10. The summed E-state index contributed by atoms with van der Waals surface area (Å²) in [6, 6.07) is 4.88. The van der Waals surface area contributed by atoms with Gasteiger partial charge in [0, 0.05) is 11.8 Å². The van der Waals surface area contributed by atoms with Crippen LogP contribution < -0.4 is 15.8 Å². The molecule has 1 aromatic rings. The molecule has 0 fully saturated rings. The minimum atomic E-state index is -0.496. The summed E-state index contributed by atoms with van der Waals surface area (Å²) in [6.07, 6.45) is 0.873. The van der Waals surface area contributed by atoms with Crippen LogP contribution in [0.2, 0.25) is 0 Å². The number of carbonyl (C=O) groups is 1. The number of amides is 1. The van der Waals surface area contributed by atoms with Crippen LogP contribution in [0.15, 0.2) is 22.7 Å². The third-order valence-electron chi connectivity index (χ3n) is 2.98. The van der Waals surface area contributed by atoms with E-state index in [9.17, 15) is 4.79 Å². The van der Waals surface area contributed by atoms with Crippen molar-refractivity contribution < 1.29 is 9.53 Å². The summed E-state index contributed by atoms with van der Waals surface area (Å²) >= 11 is 3.36. The van der Waals surface area contributed by atoms with E-state index in [1.165, 1.54) is 0 Å². The summed E-state index contributed by atoms with van der Waals surface area (Å²) in [5.41, 5.74) is 6.55. The zero-order valence-corrected chi connectivity index (χ0v) is 12.5. The Morgan fingerprint density at radius 3 is 2.78 bits per heavy atom. The minimum absolute atomic E-state index is 0.155. The van der Waals surface area contributed by atoms with E-state index >= 15 is 0 Å². The maximum atomic E-state index is 11.9. The summed E-state index contributed by atoms with van der Waals surface area (Å²) in [6.45, 7) is 3.98. The Bertz CT molecular complexity index is 423. The summed E-state index contributed by atoms with van der Waals surface area (Å²) < 4.78 is 6.01. The molecule has 0 radical (unpaired) electrons. The fraction of sp³-hybridized carbons (Fsp3) is 0.462. The van der Waals surface area contributed by atoms with Crippen LogP contribution >= 0.6 is 15.9 Å². The molecule has 1 amide bonds. The van der Waals surface area contributed by atoms with E-state index in [2.05, 4.69) is 21.2 Å². The highest BCUT2D eigenvalue weighted by Crippen LogP contribution is 2.27. The van der Waals surface area contributed by atoms with Gasteiger partial charge in [-0.25, -0.2) is 0 Å². The Hall–Kier alpha value is -1.07. The van der Waals surface area contributed by atoms with Crippen molar-refractivity contribution in [3.8, 4) is 5.75 Å². The van der Waals surface area contributed by atoms with Crippen LogP contribution in [0.3, 0.4) is 0 Å².